The molecule has 2 aromatic rings. The van der Waals surface area contributed by atoms with Crippen LogP contribution in [0.25, 0.3) is 0 Å². The SMILES string of the molecule is [Cl][Sn+]([CH2]c1ccccc1)[CH2]c1ccccc1. The summed E-state index contributed by atoms with van der Waals surface area (Å²) < 4.78 is 2.25. The summed E-state index contributed by atoms with van der Waals surface area (Å²) in [4.78, 5) is 0. The Morgan fingerprint density at radius 1 is 0.688 bits per heavy atom. The van der Waals surface area contributed by atoms with Crippen LogP contribution in [0.1, 0.15) is 11.1 Å². The molecular weight excluding hydrogens is 322 g/mol. The van der Waals surface area contributed by atoms with Gasteiger partial charge in [-0.05, 0) is 0 Å². The summed E-state index contributed by atoms with van der Waals surface area (Å²) in [6.45, 7) is 0. The number of rotatable bonds is 4. The maximum atomic E-state index is 6.55. The summed E-state index contributed by atoms with van der Waals surface area (Å²) >= 11 is -1.75. The molecule has 0 nitrogen and oxygen atoms in total. The predicted molar refractivity (Wildman–Crippen MR) is 71.9 cm³/mol. The molecule has 0 amide bonds. The molecule has 0 heterocycles. The first-order valence-corrected chi connectivity index (χ1v) is 13.1. The van der Waals surface area contributed by atoms with E-state index >= 15 is 0 Å². The van der Waals surface area contributed by atoms with E-state index in [1.165, 1.54) is 11.1 Å². The standard InChI is InChI=1S/2C7H7.ClH.Sn/c2*1-7-5-3-2-4-6-7;;/h2*2-6H,1H2;1H;/q;;;+2/p-1. The van der Waals surface area contributed by atoms with E-state index in [0.717, 1.165) is 8.87 Å². The van der Waals surface area contributed by atoms with Crippen LogP contribution in [0.15, 0.2) is 60.7 Å². The Bertz CT molecular complexity index is 372. The zero-order chi connectivity index (χ0) is 11.2. The first-order valence-electron chi connectivity index (χ1n) is 5.42. The summed E-state index contributed by atoms with van der Waals surface area (Å²) in [7, 11) is 6.55. The van der Waals surface area contributed by atoms with Gasteiger partial charge in [0.15, 0.2) is 0 Å². The maximum absolute atomic E-state index is 6.55. The molecule has 0 bridgehead atoms. The average Bonchev–Trinajstić information content (AvgIpc) is 2.31. The molecule has 0 aliphatic carbocycles. The van der Waals surface area contributed by atoms with E-state index in [4.69, 9.17) is 8.92 Å². The van der Waals surface area contributed by atoms with Gasteiger partial charge in [0.05, 0.1) is 0 Å². The number of hydrogen-bond donors (Lipinski definition) is 0. The van der Waals surface area contributed by atoms with Crippen molar-refractivity contribution < 1.29 is 0 Å². The third-order valence-corrected chi connectivity index (χ3v) is 8.79. The van der Waals surface area contributed by atoms with E-state index in [2.05, 4.69) is 60.7 Å². The van der Waals surface area contributed by atoms with Gasteiger partial charge in [-0.2, -0.15) is 0 Å². The van der Waals surface area contributed by atoms with Crippen LogP contribution in [0, 0.1) is 0 Å². The van der Waals surface area contributed by atoms with Gasteiger partial charge in [-0.1, -0.05) is 0 Å². The van der Waals surface area contributed by atoms with E-state index in [9.17, 15) is 0 Å². The molecule has 2 rings (SSSR count). The Hall–Kier alpha value is -0.471. The van der Waals surface area contributed by atoms with Crippen LogP contribution in [-0.4, -0.2) is 18.6 Å². The Morgan fingerprint density at radius 2 is 1.06 bits per heavy atom. The van der Waals surface area contributed by atoms with Crippen molar-refractivity contribution in [3.05, 3.63) is 71.8 Å². The molecule has 0 fully saturated rings. The second kappa shape index (κ2) is 6.31. The third-order valence-electron chi connectivity index (χ3n) is 2.48. The van der Waals surface area contributed by atoms with Crippen molar-refractivity contribution in [3.63, 3.8) is 0 Å². The number of halogens is 1. The van der Waals surface area contributed by atoms with Crippen LogP contribution in [0.2, 0.25) is 0 Å². The number of benzene rings is 2. The minimum atomic E-state index is -1.75. The first kappa shape index (κ1) is 12.0. The topological polar surface area (TPSA) is 0 Å². The molecule has 0 aliphatic rings. The summed E-state index contributed by atoms with van der Waals surface area (Å²) in [6.07, 6.45) is 0. The summed E-state index contributed by atoms with van der Waals surface area (Å²) in [5, 5.41) is 0. The fourth-order valence-corrected chi connectivity index (χ4v) is 8.00. The van der Waals surface area contributed by atoms with Gasteiger partial charge >= 0.3 is 108 Å². The Labute approximate surface area is 108 Å². The molecule has 0 saturated carbocycles. The van der Waals surface area contributed by atoms with Crippen LogP contribution in [0.4, 0.5) is 0 Å². The zero-order valence-electron chi connectivity index (χ0n) is 9.07. The van der Waals surface area contributed by atoms with E-state index in [0.29, 0.717) is 0 Å². The molecule has 0 aliphatic heterocycles. The Balaban J connectivity index is 1.92. The Kier molecular flexibility index (Phi) is 4.73. The molecule has 0 spiro atoms. The third kappa shape index (κ3) is 3.84. The molecule has 0 atom stereocenters. The van der Waals surface area contributed by atoms with E-state index < -0.39 is 18.6 Å². The summed E-state index contributed by atoms with van der Waals surface area (Å²) in [5.41, 5.74) is 2.78. The molecule has 0 aromatic heterocycles. The van der Waals surface area contributed by atoms with Crippen LogP contribution in [0.5, 0.6) is 0 Å². The summed E-state index contributed by atoms with van der Waals surface area (Å²) in [5.74, 6) is 0. The fourth-order valence-electron chi connectivity index (χ4n) is 1.70. The fraction of sp³-hybridized carbons (Fsp3) is 0.143. The van der Waals surface area contributed by atoms with Crippen LogP contribution in [-0.2, 0) is 8.87 Å². The van der Waals surface area contributed by atoms with Crippen molar-refractivity contribution in [3.8, 4) is 0 Å². The molecule has 0 radical (unpaired) electrons. The predicted octanol–water partition coefficient (Wildman–Crippen LogP) is 3.78. The van der Waals surface area contributed by atoms with Crippen molar-refractivity contribution in [2.75, 3.05) is 0 Å². The zero-order valence-corrected chi connectivity index (χ0v) is 12.7. The van der Waals surface area contributed by atoms with E-state index in [-0.39, 0.29) is 0 Å². The first-order chi connectivity index (χ1) is 7.84. The molecule has 2 heteroatoms. The quantitative estimate of drug-likeness (QED) is 0.746. The van der Waals surface area contributed by atoms with Gasteiger partial charge in [0.2, 0.25) is 0 Å². The van der Waals surface area contributed by atoms with Gasteiger partial charge in [0, 0.05) is 0 Å². The average molecular weight is 336 g/mol. The van der Waals surface area contributed by atoms with Crippen LogP contribution in [0.3, 0.4) is 0 Å². The van der Waals surface area contributed by atoms with Crippen molar-refractivity contribution in [1.29, 1.82) is 0 Å². The van der Waals surface area contributed by atoms with Crippen molar-refractivity contribution in [2.45, 2.75) is 8.87 Å². The molecule has 0 unspecified atom stereocenters. The minimum absolute atomic E-state index is 1.12. The Morgan fingerprint density at radius 3 is 1.44 bits per heavy atom. The van der Waals surface area contributed by atoms with E-state index in [1.807, 2.05) is 0 Å². The van der Waals surface area contributed by atoms with Gasteiger partial charge < -0.3 is 0 Å². The summed E-state index contributed by atoms with van der Waals surface area (Å²) in [6, 6.07) is 21.2. The van der Waals surface area contributed by atoms with Crippen molar-refractivity contribution in [2.24, 2.45) is 0 Å². The normalized spacial score (nSPS) is 10.1. The monoisotopic (exact) mass is 337 g/mol. The molecule has 16 heavy (non-hydrogen) atoms. The van der Waals surface area contributed by atoms with Gasteiger partial charge in [-0.15, -0.1) is 0 Å². The molecule has 0 N–H and O–H groups in total. The second-order valence-electron chi connectivity index (χ2n) is 3.84. The van der Waals surface area contributed by atoms with Gasteiger partial charge in [0.25, 0.3) is 0 Å². The van der Waals surface area contributed by atoms with Crippen LogP contribution >= 0.6 is 8.92 Å². The molecule has 0 saturated heterocycles. The van der Waals surface area contributed by atoms with Crippen LogP contribution < -0.4 is 0 Å². The van der Waals surface area contributed by atoms with Gasteiger partial charge in [-0.3, -0.25) is 0 Å². The molecular formula is C14H14ClSn+. The van der Waals surface area contributed by atoms with Gasteiger partial charge in [-0.25, -0.2) is 0 Å². The second-order valence-corrected chi connectivity index (χ2v) is 12.4. The van der Waals surface area contributed by atoms with Crippen molar-refractivity contribution >= 4 is 27.6 Å². The van der Waals surface area contributed by atoms with E-state index in [1.54, 1.807) is 0 Å². The van der Waals surface area contributed by atoms with Crippen molar-refractivity contribution in [1.82, 2.24) is 0 Å². The van der Waals surface area contributed by atoms with Gasteiger partial charge in [0.1, 0.15) is 0 Å². The molecule has 2 aromatic carbocycles. The number of hydrogen-bond acceptors (Lipinski definition) is 0. The molecule has 80 valence electrons.